The molecule has 4 aromatic carbocycles. The third-order valence-corrected chi connectivity index (χ3v) is 8.21. The summed E-state index contributed by atoms with van der Waals surface area (Å²) in [5, 5.41) is 17.2. The number of hydrogen-bond acceptors (Lipinski definition) is 2. The van der Waals surface area contributed by atoms with Crippen molar-refractivity contribution in [3.05, 3.63) is 120 Å². The van der Waals surface area contributed by atoms with Gasteiger partial charge in [-0.25, -0.2) is 10.4 Å². The van der Waals surface area contributed by atoms with Crippen LogP contribution in [0.25, 0.3) is 0 Å². The lowest BCUT2D eigenvalue weighted by Gasteiger charge is -2.11. The van der Waals surface area contributed by atoms with Crippen molar-refractivity contribution in [3.8, 4) is 11.5 Å². The predicted molar refractivity (Wildman–Crippen MR) is 185 cm³/mol. The molecule has 0 bridgehead atoms. The summed E-state index contributed by atoms with van der Waals surface area (Å²) in [5.41, 5.74) is 3.49. The first-order valence-electron chi connectivity index (χ1n) is 17.2. The molecule has 0 spiro atoms. The molecule has 45 heavy (non-hydrogen) atoms. The number of para-hydroxylation sites is 1. The molecule has 1 atom stereocenters. The molecule has 2 radical (unpaired) electrons. The summed E-state index contributed by atoms with van der Waals surface area (Å²) in [5.74, 6) is 1.77. The van der Waals surface area contributed by atoms with Crippen molar-refractivity contribution in [1.82, 2.24) is 5.32 Å². The first-order chi connectivity index (χ1) is 22.3. The highest BCUT2D eigenvalue weighted by atomic mass is 16.5. The Morgan fingerprint density at radius 3 is 1.22 bits per heavy atom. The zero-order valence-electron chi connectivity index (χ0n) is 27.0. The molecular formula is C41H51NO3. The summed E-state index contributed by atoms with van der Waals surface area (Å²) in [6.07, 6.45) is 17.3. The van der Waals surface area contributed by atoms with Crippen LogP contribution in [0.4, 0.5) is 11.4 Å². The van der Waals surface area contributed by atoms with Crippen LogP contribution in [0.15, 0.2) is 109 Å². The second kappa shape index (κ2) is 21.1. The van der Waals surface area contributed by atoms with Crippen LogP contribution >= 0.6 is 0 Å². The number of rotatable bonds is 23. The molecular weight excluding hydrogens is 554 g/mol. The molecule has 4 rings (SSSR count). The van der Waals surface area contributed by atoms with Gasteiger partial charge in [0, 0.05) is 0 Å². The van der Waals surface area contributed by atoms with Gasteiger partial charge < -0.3 is 9.47 Å². The maximum atomic E-state index is 12.6. The van der Waals surface area contributed by atoms with Crippen LogP contribution in [-0.2, 0) is 5.11 Å². The van der Waals surface area contributed by atoms with E-state index in [9.17, 15) is 5.11 Å². The van der Waals surface area contributed by atoms with Crippen LogP contribution in [0.1, 0.15) is 107 Å². The molecule has 0 aliphatic rings. The highest BCUT2D eigenvalue weighted by Gasteiger charge is 2.11. The number of hydrogen-bond donors (Lipinski definition) is 0. The van der Waals surface area contributed by atoms with Crippen molar-refractivity contribution in [2.45, 2.75) is 96.0 Å². The van der Waals surface area contributed by atoms with E-state index in [2.05, 4.69) is 5.32 Å². The molecule has 4 nitrogen and oxygen atoms in total. The third kappa shape index (κ3) is 13.8. The Balaban J connectivity index is 0.880. The zero-order valence-corrected chi connectivity index (χ0v) is 27.0. The molecule has 1 unspecified atom stereocenters. The van der Waals surface area contributed by atoms with Gasteiger partial charge in [0.15, 0.2) is 0 Å². The van der Waals surface area contributed by atoms with Gasteiger partial charge in [-0.05, 0) is 72.5 Å². The lowest BCUT2D eigenvalue weighted by Crippen LogP contribution is -2.00. The van der Waals surface area contributed by atoms with Crippen LogP contribution in [-0.4, -0.2) is 13.2 Å². The summed E-state index contributed by atoms with van der Waals surface area (Å²) in [6, 6.07) is 35.2. The molecule has 238 valence electrons. The van der Waals surface area contributed by atoms with E-state index in [1.165, 1.54) is 77.0 Å². The largest absolute Gasteiger partial charge is 0.494 e. The van der Waals surface area contributed by atoms with Crippen LogP contribution in [0, 0.1) is 0 Å². The Morgan fingerprint density at radius 2 is 0.756 bits per heavy atom. The topological polar surface area (TPSA) is 52.5 Å². The van der Waals surface area contributed by atoms with Gasteiger partial charge in [-0.3, -0.25) is 0 Å². The second-order valence-electron chi connectivity index (χ2n) is 11.9. The van der Waals surface area contributed by atoms with Gasteiger partial charge in [0.2, 0.25) is 0 Å². The summed E-state index contributed by atoms with van der Waals surface area (Å²) < 4.78 is 11.8. The van der Waals surface area contributed by atoms with E-state index in [0.717, 1.165) is 60.1 Å². The number of ether oxygens (including phenoxy) is 2. The van der Waals surface area contributed by atoms with Gasteiger partial charge in [-0.15, -0.1) is 0 Å². The van der Waals surface area contributed by atoms with Gasteiger partial charge in [0.05, 0.1) is 24.6 Å². The standard InChI is InChI=1S/C41H51NO3/c43-41(35-21-15-13-16-22-35)36-25-29-39(30-26-36)44-33-19-11-9-7-5-3-1-2-4-6-8-10-12-20-34-45-40-31-27-38(28-32-40)42-37-23-17-14-18-24-37/h13-18,21-32,41H,1-12,19-20,33-34H2. The fraction of sp³-hybridized carbons (Fsp3) is 0.415. The molecule has 0 fully saturated rings. The van der Waals surface area contributed by atoms with Crippen LogP contribution in [0.5, 0.6) is 11.5 Å². The van der Waals surface area contributed by atoms with E-state index in [1.807, 2.05) is 109 Å². The van der Waals surface area contributed by atoms with E-state index >= 15 is 0 Å². The molecule has 0 saturated heterocycles. The summed E-state index contributed by atoms with van der Waals surface area (Å²) in [4.78, 5) is 0. The smallest absolute Gasteiger partial charge is 0.143 e. The lowest BCUT2D eigenvalue weighted by atomic mass is 10.0. The first-order valence-corrected chi connectivity index (χ1v) is 17.2. The molecule has 0 aliphatic heterocycles. The van der Waals surface area contributed by atoms with Crippen LogP contribution in [0.3, 0.4) is 0 Å². The Bertz CT molecular complexity index is 1280. The minimum absolute atomic E-state index is 0.742. The Labute approximate surface area is 271 Å². The zero-order chi connectivity index (χ0) is 31.2. The van der Waals surface area contributed by atoms with E-state index < -0.39 is 6.10 Å². The van der Waals surface area contributed by atoms with E-state index in [0.29, 0.717) is 0 Å². The average molecular weight is 606 g/mol. The maximum absolute atomic E-state index is 12.6. The van der Waals surface area contributed by atoms with Crippen molar-refractivity contribution in [3.63, 3.8) is 0 Å². The van der Waals surface area contributed by atoms with Crippen LogP contribution < -0.4 is 14.8 Å². The van der Waals surface area contributed by atoms with E-state index in [4.69, 9.17) is 9.47 Å². The minimum atomic E-state index is -0.847. The quantitative estimate of drug-likeness (QED) is 0.0790. The fourth-order valence-corrected chi connectivity index (χ4v) is 5.53. The van der Waals surface area contributed by atoms with E-state index in [-0.39, 0.29) is 0 Å². The first kappa shape index (κ1) is 34.1. The molecule has 4 aromatic rings. The van der Waals surface area contributed by atoms with Crippen molar-refractivity contribution in [1.29, 1.82) is 0 Å². The Morgan fingerprint density at radius 1 is 0.400 bits per heavy atom. The van der Waals surface area contributed by atoms with Gasteiger partial charge in [0.25, 0.3) is 0 Å². The molecule has 0 aliphatic carbocycles. The minimum Gasteiger partial charge on any atom is -0.494 e. The van der Waals surface area contributed by atoms with Crippen molar-refractivity contribution < 1.29 is 14.6 Å². The Kier molecular flexibility index (Phi) is 16.0. The summed E-state index contributed by atoms with van der Waals surface area (Å²) >= 11 is 0. The average Bonchev–Trinajstić information content (AvgIpc) is 3.09. The van der Waals surface area contributed by atoms with Gasteiger partial charge >= 0.3 is 0 Å². The van der Waals surface area contributed by atoms with Gasteiger partial charge in [0.1, 0.15) is 17.6 Å². The van der Waals surface area contributed by atoms with Gasteiger partial charge in [-0.2, -0.15) is 0 Å². The fourth-order valence-electron chi connectivity index (χ4n) is 5.53. The second-order valence-corrected chi connectivity index (χ2v) is 11.9. The number of benzene rings is 4. The molecule has 0 N–H and O–H groups in total. The molecule has 0 saturated carbocycles. The highest BCUT2D eigenvalue weighted by molar-refractivity contribution is 5.49. The van der Waals surface area contributed by atoms with Gasteiger partial charge in [-0.1, -0.05) is 138 Å². The molecule has 4 heteroatoms. The predicted octanol–water partition coefficient (Wildman–Crippen LogP) is 11.7. The Hall–Kier alpha value is -3.76. The van der Waals surface area contributed by atoms with Crippen molar-refractivity contribution in [2.24, 2.45) is 0 Å². The maximum Gasteiger partial charge on any atom is 0.143 e. The van der Waals surface area contributed by atoms with Crippen molar-refractivity contribution >= 4 is 11.4 Å². The number of nitrogens with zero attached hydrogens (tertiary/aromatic N) is 1. The third-order valence-electron chi connectivity index (χ3n) is 8.21. The summed E-state index contributed by atoms with van der Waals surface area (Å²) in [7, 11) is 0. The summed E-state index contributed by atoms with van der Waals surface area (Å²) in [6.45, 7) is 1.53. The monoisotopic (exact) mass is 605 g/mol. The number of unbranched alkanes of at least 4 members (excludes halogenated alkanes) is 13. The van der Waals surface area contributed by atoms with Crippen LogP contribution in [0.2, 0.25) is 0 Å². The molecule has 0 heterocycles. The van der Waals surface area contributed by atoms with E-state index in [1.54, 1.807) is 0 Å². The lowest BCUT2D eigenvalue weighted by molar-refractivity contribution is 0.124. The van der Waals surface area contributed by atoms with Crippen molar-refractivity contribution in [2.75, 3.05) is 13.2 Å². The SMILES string of the molecule is [O]C(c1ccccc1)c1ccc(OCCCCCCCCCCCCCCCCOc2ccc([N]c3ccccc3)cc2)cc1. The molecule has 0 amide bonds. The highest BCUT2D eigenvalue weighted by Crippen LogP contribution is 2.25. The normalized spacial score (nSPS) is 11.7. The molecule has 0 aromatic heterocycles.